The number of hydrogen-bond acceptors (Lipinski definition) is 5. The number of benzene rings is 1. The molecule has 0 saturated heterocycles. The summed E-state index contributed by atoms with van der Waals surface area (Å²) in [6, 6.07) is 6.07. The quantitative estimate of drug-likeness (QED) is 0.346. The van der Waals surface area contributed by atoms with E-state index in [0.29, 0.717) is 6.79 Å². The predicted octanol–water partition coefficient (Wildman–Crippen LogP) is 3.31. The highest BCUT2D eigenvalue weighted by atomic mass is 127. The minimum Gasteiger partial charge on any atom is -0.454 e. The van der Waals surface area contributed by atoms with Crippen molar-refractivity contribution >= 4 is 41.3 Å². The molecule has 0 spiro atoms. The monoisotopic (exact) mass is 502 g/mol. The molecule has 148 valence electrons. The molecule has 8 heteroatoms. The Labute approximate surface area is 181 Å². The van der Waals surface area contributed by atoms with Crippen LogP contribution in [0.4, 0.5) is 0 Å². The average molecular weight is 502 g/mol. The minimum absolute atomic E-state index is 0. The van der Waals surface area contributed by atoms with Crippen LogP contribution in [0.1, 0.15) is 28.1 Å². The summed E-state index contributed by atoms with van der Waals surface area (Å²) in [7, 11) is 1.79. The lowest BCUT2D eigenvalue weighted by atomic mass is 10.1. The average Bonchev–Trinajstić information content (AvgIpc) is 3.25. The fourth-order valence-corrected chi connectivity index (χ4v) is 3.87. The van der Waals surface area contributed by atoms with E-state index in [2.05, 4.69) is 40.5 Å². The number of guanidine groups is 1. The van der Waals surface area contributed by atoms with E-state index in [-0.39, 0.29) is 24.0 Å². The first kappa shape index (κ1) is 21.7. The summed E-state index contributed by atoms with van der Waals surface area (Å²) in [5, 5.41) is 7.89. The maximum Gasteiger partial charge on any atom is 0.231 e. The fourth-order valence-electron chi connectivity index (χ4n) is 2.85. The normalized spacial score (nSPS) is 12.6. The van der Waals surface area contributed by atoms with Crippen molar-refractivity contribution in [2.75, 3.05) is 26.9 Å². The topological polar surface area (TPSA) is 67.8 Å². The number of halogens is 1. The van der Waals surface area contributed by atoms with Gasteiger partial charge in [0.05, 0.1) is 10.7 Å². The Hall–Kier alpha value is -1.55. The number of aryl methyl sites for hydroxylation is 2. The number of aliphatic imine (C=N–C) groups is 1. The molecule has 3 rings (SSSR count). The van der Waals surface area contributed by atoms with Crippen LogP contribution in [0.15, 0.2) is 23.2 Å². The van der Waals surface area contributed by atoms with Crippen LogP contribution in [0.25, 0.3) is 0 Å². The highest BCUT2D eigenvalue weighted by Gasteiger charge is 2.13. The Morgan fingerprint density at radius 2 is 1.93 bits per heavy atom. The van der Waals surface area contributed by atoms with Gasteiger partial charge in [0.1, 0.15) is 0 Å². The van der Waals surface area contributed by atoms with Crippen molar-refractivity contribution in [3.8, 4) is 11.5 Å². The number of nitrogens with zero attached hydrogens (tertiary/aromatic N) is 2. The molecule has 0 aliphatic carbocycles. The number of hydrogen-bond donors (Lipinski definition) is 2. The molecule has 0 radical (unpaired) electrons. The first-order valence-electron chi connectivity index (χ1n) is 8.97. The van der Waals surface area contributed by atoms with Crippen LogP contribution in [0.2, 0.25) is 0 Å². The molecular weight excluding hydrogens is 475 g/mol. The molecule has 1 aromatic heterocycles. The lowest BCUT2D eigenvalue weighted by Crippen LogP contribution is -2.39. The summed E-state index contributed by atoms with van der Waals surface area (Å²) in [5.74, 6) is 2.47. The van der Waals surface area contributed by atoms with E-state index in [1.54, 1.807) is 18.4 Å². The molecule has 27 heavy (non-hydrogen) atoms. The van der Waals surface area contributed by atoms with E-state index < -0.39 is 0 Å². The summed E-state index contributed by atoms with van der Waals surface area (Å²) in [5.41, 5.74) is 2.43. The maximum atomic E-state index is 5.42. The van der Waals surface area contributed by atoms with Gasteiger partial charge in [-0.2, -0.15) is 0 Å². The second-order valence-electron chi connectivity index (χ2n) is 6.08. The number of fused-ring (bicyclic) bond motifs is 1. The zero-order chi connectivity index (χ0) is 18.4. The summed E-state index contributed by atoms with van der Waals surface area (Å²) in [4.78, 5) is 10.3. The van der Waals surface area contributed by atoms with Crippen LogP contribution in [0.5, 0.6) is 11.5 Å². The largest absolute Gasteiger partial charge is 0.454 e. The van der Waals surface area contributed by atoms with E-state index in [9.17, 15) is 0 Å². The first-order valence-corrected chi connectivity index (χ1v) is 9.79. The molecular formula is C19H27IN4O2S. The van der Waals surface area contributed by atoms with Crippen LogP contribution in [-0.2, 0) is 19.3 Å². The molecule has 6 nitrogen and oxygen atoms in total. The van der Waals surface area contributed by atoms with Crippen molar-refractivity contribution in [1.29, 1.82) is 0 Å². The Balaban J connectivity index is 0.00000261. The molecule has 0 bridgehead atoms. The molecule has 0 fully saturated rings. The van der Waals surface area contributed by atoms with Crippen molar-refractivity contribution in [2.24, 2.45) is 4.99 Å². The number of ether oxygens (including phenoxy) is 2. The molecule has 2 heterocycles. The zero-order valence-corrected chi connectivity index (χ0v) is 19.1. The zero-order valence-electron chi connectivity index (χ0n) is 16.0. The summed E-state index contributed by atoms with van der Waals surface area (Å²) in [6.07, 6.45) is 2.80. The smallest absolute Gasteiger partial charge is 0.231 e. The Bertz CT molecular complexity index is 779. The molecule has 1 aliphatic rings. The Kier molecular flexibility index (Phi) is 8.62. The highest BCUT2D eigenvalue weighted by Crippen LogP contribution is 2.32. The molecule has 0 atom stereocenters. The van der Waals surface area contributed by atoms with Gasteiger partial charge in [-0.05, 0) is 37.5 Å². The van der Waals surface area contributed by atoms with E-state index in [1.165, 1.54) is 21.1 Å². The second kappa shape index (κ2) is 10.7. The van der Waals surface area contributed by atoms with Gasteiger partial charge in [0.2, 0.25) is 6.79 Å². The van der Waals surface area contributed by atoms with Gasteiger partial charge in [-0.25, -0.2) is 4.98 Å². The number of aromatic nitrogens is 1. The van der Waals surface area contributed by atoms with Crippen molar-refractivity contribution in [2.45, 2.75) is 33.1 Å². The van der Waals surface area contributed by atoms with E-state index >= 15 is 0 Å². The highest BCUT2D eigenvalue weighted by molar-refractivity contribution is 14.0. The van der Waals surface area contributed by atoms with Crippen LogP contribution >= 0.6 is 35.3 Å². The van der Waals surface area contributed by atoms with Gasteiger partial charge in [-0.15, -0.1) is 35.3 Å². The molecule has 1 aliphatic heterocycles. The lowest BCUT2D eigenvalue weighted by molar-refractivity contribution is 0.174. The van der Waals surface area contributed by atoms with Crippen LogP contribution in [0.3, 0.4) is 0 Å². The molecule has 1 aromatic carbocycles. The van der Waals surface area contributed by atoms with E-state index in [1.807, 2.05) is 12.1 Å². The van der Waals surface area contributed by atoms with E-state index in [4.69, 9.17) is 9.47 Å². The fraction of sp³-hybridized carbons (Fsp3) is 0.474. The Morgan fingerprint density at radius 1 is 1.19 bits per heavy atom. The third-order valence-electron chi connectivity index (χ3n) is 4.27. The van der Waals surface area contributed by atoms with Crippen molar-refractivity contribution < 1.29 is 9.47 Å². The van der Waals surface area contributed by atoms with Gasteiger partial charge < -0.3 is 20.1 Å². The predicted molar refractivity (Wildman–Crippen MR) is 121 cm³/mol. The number of thiazole rings is 1. The first-order chi connectivity index (χ1) is 12.7. The Morgan fingerprint density at radius 3 is 2.63 bits per heavy atom. The molecule has 0 saturated carbocycles. The van der Waals surface area contributed by atoms with E-state index in [0.717, 1.165) is 49.8 Å². The third-order valence-corrected chi connectivity index (χ3v) is 5.34. The second-order valence-corrected chi connectivity index (χ2v) is 7.37. The van der Waals surface area contributed by atoms with Gasteiger partial charge in [0.15, 0.2) is 17.5 Å². The van der Waals surface area contributed by atoms with Gasteiger partial charge >= 0.3 is 0 Å². The summed E-state index contributed by atoms with van der Waals surface area (Å²) < 4.78 is 10.8. The van der Waals surface area contributed by atoms with Gasteiger partial charge in [-0.1, -0.05) is 13.0 Å². The summed E-state index contributed by atoms with van der Waals surface area (Å²) >= 11 is 1.79. The minimum atomic E-state index is 0. The summed E-state index contributed by atoms with van der Waals surface area (Å²) in [6.45, 7) is 6.22. The van der Waals surface area contributed by atoms with Crippen LogP contribution < -0.4 is 20.1 Å². The van der Waals surface area contributed by atoms with Crippen LogP contribution in [-0.4, -0.2) is 37.9 Å². The molecule has 2 aromatic rings. The number of rotatable bonds is 7. The van der Waals surface area contributed by atoms with Gasteiger partial charge in [0, 0.05) is 31.4 Å². The van der Waals surface area contributed by atoms with Crippen molar-refractivity contribution in [1.82, 2.24) is 15.6 Å². The maximum absolute atomic E-state index is 5.42. The molecule has 0 amide bonds. The molecule has 2 N–H and O–H groups in total. The van der Waals surface area contributed by atoms with Crippen LogP contribution in [0, 0.1) is 6.92 Å². The van der Waals surface area contributed by atoms with Crippen molar-refractivity contribution in [3.63, 3.8) is 0 Å². The third kappa shape index (κ3) is 5.97. The van der Waals surface area contributed by atoms with Crippen molar-refractivity contribution in [3.05, 3.63) is 39.3 Å². The SMILES string of the molecule is CCc1nc(CCNC(=NC)NCCc2ccc3c(c2)OCO3)sc1C.I. The lowest BCUT2D eigenvalue weighted by Gasteiger charge is -2.11. The number of nitrogens with one attached hydrogen (secondary N) is 2. The van der Waals surface area contributed by atoms with Gasteiger partial charge in [0.25, 0.3) is 0 Å². The van der Waals surface area contributed by atoms with Gasteiger partial charge in [-0.3, -0.25) is 4.99 Å². The molecule has 0 unspecified atom stereocenters. The standard InChI is InChI=1S/C19H26N4O2S.HI/c1-4-15-13(2)26-18(23-15)8-10-22-19(20-3)21-9-7-14-5-6-16-17(11-14)25-12-24-16;/h5-6,11H,4,7-10,12H2,1-3H3,(H2,20,21,22);1H.